The zero-order chi connectivity index (χ0) is 14.5. The number of nitrogens with one attached hydrogen (secondary N) is 1. The van der Waals surface area contributed by atoms with Gasteiger partial charge in [-0.15, -0.1) is 11.3 Å². The van der Waals surface area contributed by atoms with Crippen LogP contribution in [-0.4, -0.2) is 13.0 Å². The van der Waals surface area contributed by atoms with Crippen LogP contribution in [0.3, 0.4) is 0 Å². The maximum Gasteiger partial charge on any atom is 0.224 e. The van der Waals surface area contributed by atoms with Gasteiger partial charge in [0.2, 0.25) is 5.91 Å². The number of benzene rings is 1. The van der Waals surface area contributed by atoms with Crippen molar-refractivity contribution in [3.05, 3.63) is 45.6 Å². The lowest BCUT2D eigenvalue weighted by Gasteiger charge is -2.11. The second-order valence-electron chi connectivity index (χ2n) is 4.73. The van der Waals surface area contributed by atoms with Gasteiger partial charge in [0.25, 0.3) is 0 Å². The van der Waals surface area contributed by atoms with E-state index in [0.29, 0.717) is 12.8 Å². The Hall–Kier alpha value is -1.81. The Balaban J connectivity index is 1.96. The summed E-state index contributed by atoms with van der Waals surface area (Å²) >= 11 is 1.62. The molecule has 1 heterocycles. The number of ether oxygens (including phenoxy) is 1. The van der Waals surface area contributed by atoms with E-state index in [9.17, 15) is 4.79 Å². The largest absolute Gasteiger partial charge is 0.496 e. The van der Waals surface area contributed by atoms with E-state index in [-0.39, 0.29) is 5.91 Å². The second-order valence-corrected chi connectivity index (χ2v) is 5.73. The number of anilines is 1. The van der Waals surface area contributed by atoms with E-state index < -0.39 is 0 Å². The highest BCUT2D eigenvalue weighted by molar-refractivity contribution is 7.10. The molecule has 0 saturated carbocycles. The summed E-state index contributed by atoms with van der Waals surface area (Å²) in [5.41, 5.74) is 3.11. The SMILES string of the molecule is COc1ccsc1CCC(=O)Nc1c(C)cccc1C. The van der Waals surface area contributed by atoms with Gasteiger partial charge in [-0.2, -0.15) is 0 Å². The zero-order valence-electron chi connectivity index (χ0n) is 12.0. The van der Waals surface area contributed by atoms with Crippen LogP contribution in [0.25, 0.3) is 0 Å². The molecular formula is C16H19NO2S. The summed E-state index contributed by atoms with van der Waals surface area (Å²) in [5, 5.41) is 4.99. The normalized spacial score (nSPS) is 10.3. The predicted molar refractivity (Wildman–Crippen MR) is 83.7 cm³/mol. The number of para-hydroxylation sites is 1. The van der Waals surface area contributed by atoms with E-state index in [4.69, 9.17) is 4.74 Å². The number of hydrogen-bond donors (Lipinski definition) is 1. The first kappa shape index (κ1) is 14.6. The third-order valence-corrected chi connectivity index (χ3v) is 4.21. The predicted octanol–water partition coefficient (Wildman–Crippen LogP) is 3.94. The molecule has 0 fully saturated rings. The molecule has 0 atom stereocenters. The van der Waals surface area contributed by atoms with Crippen molar-refractivity contribution in [3.8, 4) is 5.75 Å². The molecule has 0 bridgehead atoms. The average Bonchev–Trinajstić information content (AvgIpc) is 2.88. The summed E-state index contributed by atoms with van der Waals surface area (Å²) < 4.78 is 5.25. The summed E-state index contributed by atoms with van der Waals surface area (Å²) in [5.74, 6) is 0.910. The molecular weight excluding hydrogens is 270 g/mol. The molecule has 2 rings (SSSR count). The van der Waals surface area contributed by atoms with E-state index in [1.54, 1.807) is 18.4 Å². The number of methoxy groups -OCH3 is 1. The molecule has 1 aromatic carbocycles. The average molecular weight is 289 g/mol. The maximum absolute atomic E-state index is 12.1. The molecule has 106 valence electrons. The van der Waals surface area contributed by atoms with Crippen LogP contribution in [-0.2, 0) is 11.2 Å². The van der Waals surface area contributed by atoms with Crippen LogP contribution in [0.2, 0.25) is 0 Å². The van der Waals surface area contributed by atoms with Gasteiger partial charge < -0.3 is 10.1 Å². The van der Waals surface area contributed by atoms with Crippen molar-refractivity contribution in [2.45, 2.75) is 26.7 Å². The Morgan fingerprint density at radius 3 is 2.60 bits per heavy atom. The number of aryl methyl sites for hydroxylation is 3. The molecule has 3 nitrogen and oxygen atoms in total. The number of amides is 1. The monoisotopic (exact) mass is 289 g/mol. The highest BCUT2D eigenvalue weighted by atomic mass is 32.1. The minimum atomic E-state index is 0.0397. The van der Waals surface area contributed by atoms with Crippen molar-refractivity contribution in [3.63, 3.8) is 0 Å². The van der Waals surface area contributed by atoms with E-state index in [2.05, 4.69) is 5.32 Å². The standard InChI is InChI=1S/C16H19NO2S/c1-11-5-4-6-12(2)16(11)17-15(18)8-7-14-13(19-3)9-10-20-14/h4-6,9-10H,7-8H2,1-3H3,(H,17,18). The fraction of sp³-hybridized carbons (Fsp3) is 0.312. The van der Waals surface area contributed by atoms with Crippen LogP contribution < -0.4 is 10.1 Å². The molecule has 2 aromatic rings. The fourth-order valence-corrected chi connectivity index (χ4v) is 2.98. The second kappa shape index (κ2) is 6.57. The number of hydrogen-bond acceptors (Lipinski definition) is 3. The highest BCUT2D eigenvalue weighted by Gasteiger charge is 2.10. The first-order valence-corrected chi connectivity index (χ1v) is 7.46. The van der Waals surface area contributed by atoms with Gasteiger partial charge in [-0.3, -0.25) is 4.79 Å². The summed E-state index contributed by atoms with van der Waals surface area (Å²) in [4.78, 5) is 13.2. The van der Waals surface area contributed by atoms with Crippen molar-refractivity contribution in [2.24, 2.45) is 0 Å². The molecule has 0 aliphatic heterocycles. The highest BCUT2D eigenvalue weighted by Crippen LogP contribution is 2.26. The molecule has 20 heavy (non-hydrogen) atoms. The maximum atomic E-state index is 12.1. The molecule has 1 aromatic heterocycles. The van der Waals surface area contributed by atoms with Crippen LogP contribution in [0.15, 0.2) is 29.6 Å². The Morgan fingerprint density at radius 2 is 1.95 bits per heavy atom. The molecule has 0 saturated heterocycles. The van der Waals surface area contributed by atoms with Crippen LogP contribution in [0.1, 0.15) is 22.4 Å². The topological polar surface area (TPSA) is 38.3 Å². The van der Waals surface area contributed by atoms with Crippen LogP contribution in [0.5, 0.6) is 5.75 Å². The minimum Gasteiger partial charge on any atom is -0.496 e. The quantitative estimate of drug-likeness (QED) is 0.905. The van der Waals surface area contributed by atoms with Crippen LogP contribution >= 0.6 is 11.3 Å². The first-order valence-electron chi connectivity index (χ1n) is 6.58. The molecule has 0 unspecified atom stereocenters. The minimum absolute atomic E-state index is 0.0397. The number of rotatable bonds is 5. The lowest BCUT2D eigenvalue weighted by atomic mass is 10.1. The fourth-order valence-electron chi connectivity index (χ4n) is 2.13. The van der Waals surface area contributed by atoms with Gasteiger partial charge in [-0.05, 0) is 42.8 Å². The zero-order valence-corrected chi connectivity index (χ0v) is 12.8. The summed E-state index contributed by atoms with van der Waals surface area (Å²) in [6.07, 6.45) is 1.17. The van der Waals surface area contributed by atoms with Crippen LogP contribution in [0, 0.1) is 13.8 Å². The Kier molecular flexibility index (Phi) is 4.79. The molecule has 0 aliphatic rings. The van der Waals surface area contributed by atoms with Gasteiger partial charge in [0.05, 0.1) is 7.11 Å². The van der Waals surface area contributed by atoms with Gasteiger partial charge in [0.15, 0.2) is 0 Å². The van der Waals surface area contributed by atoms with Gasteiger partial charge in [0, 0.05) is 17.0 Å². The van der Waals surface area contributed by atoms with Gasteiger partial charge >= 0.3 is 0 Å². The molecule has 1 N–H and O–H groups in total. The van der Waals surface area contributed by atoms with E-state index in [0.717, 1.165) is 27.4 Å². The van der Waals surface area contributed by atoms with Crippen molar-refractivity contribution in [1.82, 2.24) is 0 Å². The lowest BCUT2D eigenvalue weighted by molar-refractivity contribution is -0.116. The molecule has 0 spiro atoms. The van der Waals surface area contributed by atoms with Gasteiger partial charge in [-0.1, -0.05) is 18.2 Å². The number of carbonyl (C=O) groups is 1. The summed E-state index contributed by atoms with van der Waals surface area (Å²) in [6, 6.07) is 7.94. The van der Waals surface area contributed by atoms with Crippen molar-refractivity contribution in [2.75, 3.05) is 12.4 Å². The molecule has 0 radical (unpaired) electrons. The van der Waals surface area contributed by atoms with E-state index in [1.165, 1.54) is 0 Å². The Labute approximate surface area is 123 Å². The van der Waals surface area contributed by atoms with Crippen molar-refractivity contribution < 1.29 is 9.53 Å². The molecule has 1 amide bonds. The van der Waals surface area contributed by atoms with Gasteiger partial charge in [0.1, 0.15) is 5.75 Å². The van der Waals surface area contributed by atoms with E-state index >= 15 is 0 Å². The first-order chi connectivity index (χ1) is 9.61. The number of carbonyl (C=O) groups excluding carboxylic acids is 1. The van der Waals surface area contributed by atoms with Gasteiger partial charge in [-0.25, -0.2) is 0 Å². The summed E-state index contributed by atoms with van der Waals surface area (Å²) in [6.45, 7) is 4.01. The lowest BCUT2D eigenvalue weighted by Crippen LogP contribution is -2.14. The smallest absolute Gasteiger partial charge is 0.224 e. The number of thiophene rings is 1. The summed E-state index contributed by atoms with van der Waals surface area (Å²) in [7, 11) is 1.66. The van der Waals surface area contributed by atoms with Crippen LogP contribution in [0.4, 0.5) is 5.69 Å². The molecule has 0 aliphatic carbocycles. The van der Waals surface area contributed by atoms with Crippen molar-refractivity contribution >= 4 is 22.9 Å². The molecule has 4 heteroatoms. The Bertz CT molecular complexity index is 584. The third kappa shape index (κ3) is 3.39. The third-order valence-electron chi connectivity index (χ3n) is 3.25. The Morgan fingerprint density at radius 1 is 1.25 bits per heavy atom. The van der Waals surface area contributed by atoms with E-state index in [1.807, 2.05) is 43.5 Å². The van der Waals surface area contributed by atoms with Crippen molar-refractivity contribution in [1.29, 1.82) is 0 Å².